The molecule has 4 rings (SSSR count). The molecule has 1 N–H and O–H groups in total. The summed E-state index contributed by atoms with van der Waals surface area (Å²) in [4.78, 5) is 21.2. The zero-order chi connectivity index (χ0) is 19.6. The standard InChI is InChI=1S/C20H20N4O3S/c25-20(19-14-21-17-6-2-3-7-18(17)23-19)22-15-8-10-16(11-9-15)28(26,27)24-12-4-1-5-13-24/h2-3,6-11,14H,1,4-5,12-13H2,(H,22,25). The van der Waals surface area contributed by atoms with Crippen molar-refractivity contribution in [3.63, 3.8) is 0 Å². The van der Waals surface area contributed by atoms with Crippen LogP contribution < -0.4 is 5.32 Å². The average molecular weight is 396 g/mol. The molecule has 0 radical (unpaired) electrons. The molecule has 0 saturated carbocycles. The first-order valence-electron chi connectivity index (χ1n) is 9.17. The van der Waals surface area contributed by atoms with E-state index < -0.39 is 15.9 Å². The second kappa shape index (κ2) is 7.65. The van der Waals surface area contributed by atoms with Crippen molar-refractivity contribution in [1.29, 1.82) is 0 Å². The monoisotopic (exact) mass is 396 g/mol. The Labute approximate surface area is 163 Å². The number of nitrogens with one attached hydrogen (secondary N) is 1. The van der Waals surface area contributed by atoms with Crippen LogP contribution in [-0.2, 0) is 10.0 Å². The fourth-order valence-electron chi connectivity index (χ4n) is 3.23. The Morgan fingerprint density at radius 3 is 2.32 bits per heavy atom. The molecule has 1 fully saturated rings. The van der Waals surface area contributed by atoms with Crippen molar-refractivity contribution >= 4 is 32.7 Å². The Morgan fingerprint density at radius 2 is 1.61 bits per heavy atom. The minimum atomic E-state index is -3.49. The minimum Gasteiger partial charge on any atom is -0.321 e. The number of hydrogen-bond donors (Lipinski definition) is 1. The van der Waals surface area contributed by atoms with Gasteiger partial charge in [0.25, 0.3) is 5.91 Å². The van der Waals surface area contributed by atoms with Crippen molar-refractivity contribution in [2.24, 2.45) is 0 Å². The second-order valence-electron chi connectivity index (χ2n) is 6.69. The van der Waals surface area contributed by atoms with Crippen LogP contribution in [0.4, 0.5) is 5.69 Å². The van der Waals surface area contributed by atoms with Crippen LogP contribution in [0.3, 0.4) is 0 Å². The van der Waals surface area contributed by atoms with E-state index in [-0.39, 0.29) is 10.6 Å². The maximum Gasteiger partial charge on any atom is 0.275 e. The Kier molecular flexibility index (Phi) is 5.06. The van der Waals surface area contributed by atoms with Gasteiger partial charge in [-0.15, -0.1) is 0 Å². The van der Waals surface area contributed by atoms with Crippen LogP contribution in [0.1, 0.15) is 29.8 Å². The molecule has 1 aromatic heterocycles. The molecule has 1 aliphatic heterocycles. The number of nitrogens with zero attached hydrogens (tertiary/aromatic N) is 3. The van der Waals surface area contributed by atoms with Gasteiger partial charge < -0.3 is 5.32 Å². The van der Waals surface area contributed by atoms with E-state index in [1.165, 1.54) is 22.6 Å². The van der Waals surface area contributed by atoms with Crippen molar-refractivity contribution in [3.05, 3.63) is 60.4 Å². The van der Waals surface area contributed by atoms with Crippen LogP contribution in [0, 0.1) is 0 Å². The van der Waals surface area contributed by atoms with E-state index in [9.17, 15) is 13.2 Å². The summed E-state index contributed by atoms with van der Waals surface area (Å²) in [6.07, 6.45) is 4.27. The third-order valence-corrected chi connectivity index (χ3v) is 6.66. The maximum atomic E-state index is 12.7. The lowest BCUT2D eigenvalue weighted by Gasteiger charge is -2.25. The average Bonchev–Trinajstić information content (AvgIpc) is 2.74. The first-order chi connectivity index (χ1) is 13.5. The van der Waals surface area contributed by atoms with Gasteiger partial charge in [0.15, 0.2) is 0 Å². The minimum absolute atomic E-state index is 0.198. The summed E-state index contributed by atoms with van der Waals surface area (Å²) in [6, 6.07) is 13.5. The molecule has 144 valence electrons. The number of para-hydroxylation sites is 2. The van der Waals surface area contributed by atoms with Crippen molar-refractivity contribution in [2.75, 3.05) is 18.4 Å². The Hall–Kier alpha value is -2.84. The van der Waals surface area contributed by atoms with Gasteiger partial charge in [-0.25, -0.2) is 13.4 Å². The third kappa shape index (κ3) is 3.74. The molecule has 2 heterocycles. The molecule has 0 atom stereocenters. The normalized spacial score (nSPS) is 15.4. The number of hydrogen-bond acceptors (Lipinski definition) is 5. The van der Waals surface area contributed by atoms with E-state index in [2.05, 4.69) is 15.3 Å². The third-order valence-electron chi connectivity index (χ3n) is 4.75. The molecule has 1 saturated heterocycles. The van der Waals surface area contributed by atoms with Gasteiger partial charge in [-0.1, -0.05) is 18.6 Å². The van der Waals surface area contributed by atoms with Crippen LogP contribution in [0.5, 0.6) is 0 Å². The van der Waals surface area contributed by atoms with E-state index in [0.717, 1.165) is 19.3 Å². The molecule has 0 bridgehead atoms. The number of aromatic nitrogens is 2. The predicted molar refractivity (Wildman–Crippen MR) is 107 cm³/mol. The van der Waals surface area contributed by atoms with E-state index in [1.54, 1.807) is 18.2 Å². The molecule has 2 aromatic carbocycles. The number of carbonyl (C=O) groups is 1. The first-order valence-corrected chi connectivity index (χ1v) is 10.6. The summed E-state index contributed by atoms with van der Waals surface area (Å²) in [6.45, 7) is 1.11. The molecule has 3 aromatic rings. The molecule has 0 aliphatic carbocycles. The summed E-state index contributed by atoms with van der Waals surface area (Å²) in [7, 11) is -3.49. The number of piperidine rings is 1. The molecule has 0 spiro atoms. The lowest BCUT2D eigenvalue weighted by Crippen LogP contribution is -2.35. The highest BCUT2D eigenvalue weighted by atomic mass is 32.2. The number of anilines is 1. The SMILES string of the molecule is O=C(Nc1ccc(S(=O)(=O)N2CCCCC2)cc1)c1cnc2ccccc2n1. The predicted octanol–water partition coefficient (Wildman–Crippen LogP) is 3.06. The van der Waals surface area contributed by atoms with E-state index in [0.29, 0.717) is 29.8 Å². The van der Waals surface area contributed by atoms with Crippen molar-refractivity contribution < 1.29 is 13.2 Å². The van der Waals surface area contributed by atoms with Gasteiger partial charge in [0, 0.05) is 18.8 Å². The summed E-state index contributed by atoms with van der Waals surface area (Å²) in [5.74, 6) is -0.398. The molecular formula is C20H20N4O3S. The fourth-order valence-corrected chi connectivity index (χ4v) is 4.74. The molecule has 0 unspecified atom stereocenters. The molecule has 1 amide bonds. The van der Waals surface area contributed by atoms with Crippen molar-refractivity contribution in [3.8, 4) is 0 Å². The zero-order valence-electron chi connectivity index (χ0n) is 15.2. The summed E-state index contributed by atoms with van der Waals surface area (Å²) in [5, 5.41) is 2.73. The van der Waals surface area contributed by atoms with Gasteiger partial charge in [-0.2, -0.15) is 4.31 Å². The highest BCUT2D eigenvalue weighted by Crippen LogP contribution is 2.22. The maximum absolute atomic E-state index is 12.7. The Morgan fingerprint density at radius 1 is 0.929 bits per heavy atom. The van der Waals surface area contributed by atoms with E-state index in [1.807, 2.05) is 18.2 Å². The number of fused-ring (bicyclic) bond motifs is 1. The number of carbonyl (C=O) groups excluding carboxylic acids is 1. The highest BCUT2D eigenvalue weighted by molar-refractivity contribution is 7.89. The smallest absolute Gasteiger partial charge is 0.275 e. The van der Waals surface area contributed by atoms with Gasteiger partial charge in [-0.3, -0.25) is 9.78 Å². The molecule has 8 heteroatoms. The van der Waals surface area contributed by atoms with Crippen LogP contribution in [0.25, 0.3) is 11.0 Å². The summed E-state index contributed by atoms with van der Waals surface area (Å²) >= 11 is 0. The zero-order valence-corrected chi connectivity index (χ0v) is 16.0. The summed E-state index contributed by atoms with van der Waals surface area (Å²) < 4.78 is 26.9. The first kappa shape index (κ1) is 18.5. The Bertz CT molecular complexity index is 1110. The largest absolute Gasteiger partial charge is 0.321 e. The Balaban J connectivity index is 1.49. The van der Waals surface area contributed by atoms with Gasteiger partial charge in [0.05, 0.1) is 22.1 Å². The van der Waals surface area contributed by atoms with Gasteiger partial charge in [-0.05, 0) is 49.2 Å². The van der Waals surface area contributed by atoms with Gasteiger partial charge >= 0.3 is 0 Å². The van der Waals surface area contributed by atoms with Crippen LogP contribution in [0.15, 0.2) is 59.6 Å². The van der Waals surface area contributed by atoms with E-state index >= 15 is 0 Å². The lowest BCUT2D eigenvalue weighted by atomic mass is 10.2. The highest BCUT2D eigenvalue weighted by Gasteiger charge is 2.25. The fraction of sp³-hybridized carbons (Fsp3) is 0.250. The second-order valence-corrected chi connectivity index (χ2v) is 8.63. The van der Waals surface area contributed by atoms with E-state index in [4.69, 9.17) is 0 Å². The number of benzene rings is 2. The van der Waals surface area contributed by atoms with Crippen molar-refractivity contribution in [2.45, 2.75) is 24.2 Å². The van der Waals surface area contributed by atoms with Crippen LogP contribution in [0.2, 0.25) is 0 Å². The number of sulfonamides is 1. The lowest BCUT2D eigenvalue weighted by molar-refractivity contribution is 0.102. The van der Waals surface area contributed by atoms with Gasteiger partial charge in [0.2, 0.25) is 10.0 Å². The topological polar surface area (TPSA) is 92.3 Å². The molecule has 7 nitrogen and oxygen atoms in total. The number of rotatable bonds is 4. The summed E-state index contributed by atoms with van der Waals surface area (Å²) in [5.41, 5.74) is 2.05. The van der Waals surface area contributed by atoms with Gasteiger partial charge in [0.1, 0.15) is 5.69 Å². The quantitative estimate of drug-likeness (QED) is 0.732. The molecule has 1 aliphatic rings. The van der Waals surface area contributed by atoms with Crippen molar-refractivity contribution in [1.82, 2.24) is 14.3 Å². The molecule has 28 heavy (non-hydrogen) atoms. The van der Waals surface area contributed by atoms with Crippen LogP contribution >= 0.6 is 0 Å². The number of amides is 1. The van der Waals surface area contributed by atoms with Crippen LogP contribution in [-0.4, -0.2) is 41.7 Å². The molecular weight excluding hydrogens is 376 g/mol.